The second-order valence-electron chi connectivity index (χ2n) is 5.11. The van der Waals surface area contributed by atoms with Gasteiger partial charge in [0.05, 0.1) is 6.54 Å². The van der Waals surface area contributed by atoms with E-state index in [0.29, 0.717) is 19.5 Å². The predicted molar refractivity (Wildman–Crippen MR) is 92.2 cm³/mol. The number of nitrogens with zero attached hydrogens (tertiary/aromatic N) is 2. The number of nitrogens with one attached hydrogen (secondary N) is 2. The molecule has 0 spiro atoms. The Labute approximate surface area is 136 Å². The van der Waals surface area contributed by atoms with E-state index >= 15 is 0 Å². The summed E-state index contributed by atoms with van der Waals surface area (Å²) in [5.41, 5.74) is 1.30. The minimum atomic E-state index is 0.181. The van der Waals surface area contributed by atoms with Crippen molar-refractivity contribution in [1.82, 2.24) is 15.5 Å². The normalized spacial score (nSPS) is 14.4. The fourth-order valence-electron chi connectivity index (χ4n) is 2.39. The van der Waals surface area contributed by atoms with Crippen molar-refractivity contribution in [3.05, 3.63) is 34.5 Å². The lowest BCUT2D eigenvalue weighted by molar-refractivity contribution is -0.131. The van der Waals surface area contributed by atoms with Crippen LogP contribution in [0.15, 0.2) is 29.1 Å². The molecule has 0 aliphatic carbocycles. The third-order valence-corrected chi connectivity index (χ3v) is 4.54. The van der Waals surface area contributed by atoms with E-state index in [-0.39, 0.29) is 5.91 Å². The molecule has 2 rings (SSSR count). The molecule has 1 amide bonds. The summed E-state index contributed by atoms with van der Waals surface area (Å²) < 4.78 is 0. The molecule has 0 bridgehead atoms. The molecule has 6 heteroatoms. The fourth-order valence-corrected chi connectivity index (χ4v) is 3.28. The SMILES string of the molecule is C=CCNC(=NCCC(=O)N1CCc2sccc2C1)NCC. The van der Waals surface area contributed by atoms with E-state index in [2.05, 4.69) is 33.7 Å². The summed E-state index contributed by atoms with van der Waals surface area (Å²) in [5, 5.41) is 8.39. The molecule has 2 N–H and O–H groups in total. The Balaban J connectivity index is 1.80. The van der Waals surface area contributed by atoms with Crippen LogP contribution in [0, 0.1) is 0 Å². The van der Waals surface area contributed by atoms with Crippen molar-refractivity contribution in [2.45, 2.75) is 26.3 Å². The average molecular weight is 320 g/mol. The van der Waals surface area contributed by atoms with Crippen LogP contribution in [0.25, 0.3) is 0 Å². The quantitative estimate of drug-likeness (QED) is 0.477. The Morgan fingerprint density at radius 3 is 3.18 bits per heavy atom. The number of rotatable bonds is 6. The van der Waals surface area contributed by atoms with Gasteiger partial charge in [-0.15, -0.1) is 17.9 Å². The Hall–Kier alpha value is -1.82. The highest BCUT2D eigenvalue weighted by Gasteiger charge is 2.20. The van der Waals surface area contributed by atoms with Gasteiger partial charge in [0.25, 0.3) is 0 Å². The molecule has 2 heterocycles. The number of aliphatic imine (C=N–C) groups is 1. The third-order valence-electron chi connectivity index (χ3n) is 3.51. The molecule has 0 fully saturated rings. The Kier molecular flexibility index (Phi) is 6.45. The standard InChI is InChI=1S/C16H24N4OS/c1-3-8-18-16(17-4-2)19-9-5-15(21)20-10-6-14-13(12-20)7-11-22-14/h3,7,11H,1,4-6,8-10,12H2,2H3,(H2,17,18,19). The molecule has 1 aromatic heterocycles. The Bertz CT molecular complexity index is 538. The highest BCUT2D eigenvalue weighted by Crippen LogP contribution is 2.24. The zero-order valence-electron chi connectivity index (χ0n) is 13.1. The van der Waals surface area contributed by atoms with Gasteiger partial charge in [-0.25, -0.2) is 0 Å². The van der Waals surface area contributed by atoms with E-state index in [0.717, 1.165) is 32.0 Å². The predicted octanol–water partition coefficient (Wildman–Crippen LogP) is 1.76. The first-order valence-electron chi connectivity index (χ1n) is 7.70. The molecule has 0 aromatic carbocycles. The van der Waals surface area contributed by atoms with Gasteiger partial charge in [-0.3, -0.25) is 9.79 Å². The van der Waals surface area contributed by atoms with Gasteiger partial charge in [0.15, 0.2) is 5.96 Å². The number of guanidine groups is 1. The monoisotopic (exact) mass is 320 g/mol. The van der Waals surface area contributed by atoms with Crippen molar-refractivity contribution in [3.63, 3.8) is 0 Å². The van der Waals surface area contributed by atoms with Gasteiger partial charge in [-0.05, 0) is 30.4 Å². The largest absolute Gasteiger partial charge is 0.357 e. The molecule has 1 aliphatic heterocycles. The molecular weight excluding hydrogens is 296 g/mol. The van der Waals surface area contributed by atoms with Crippen molar-refractivity contribution in [2.24, 2.45) is 4.99 Å². The minimum absolute atomic E-state index is 0.181. The number of carbonyl (C=O) groups is 1. The Morgan fingerprint density at radius 1 is 1.55 bits per heavy atom. The maximum absolute atomic E-state index is 12.3. The van der Waals surface area contributed by atoms with E-state index < -0.39 is 0 Å². The Morgan fingerprint density at radius 2 is 2.41 bits per heavy atom. The molecule has 5 nitrogen and oxygen atoms in total. The van der Waals surface area contributed by atoms with E-state index in [1.807, 2.05) is 11.8 Å². The first-order valence-corrected chi connectivity index (χ1v) is 8.58. The first-order chi connectivity index (χ1) is 10.7. The number of carbonyl (C=O) groups excluding carboxylic acids is 1. The highest BCUT2D eigenvalue weighted by molar-refractivity contribution is 7.10. The van der Waals surface area contributed by atoms with Crippen LogP contribution in [0.1, 0.15) is 23.8 Å². The highest BCUT2D eigenvalue weighted by atomic mass is 32.1. The van der Waals surface area contributed by atoms with Crippen molar-refractivity contribution in [3.8, 4) is 0 Å². The lowest BCUT2D eigenvalue weighted by Crippen LogP contribution is -2.38. The summed E-state index contributed by atoms with van der Waals surface area (Å²) in [7, 11) is 0. The molecule has 0 atom stereocenters. The lowest BCUT2D eigenvalue weighted by Gasteiger charge is -2.26. The van der Waals surface area contributed by atoms with Crippen LogP contribution in [0.2, 0.25) is 0 Å². The van der Waals surface area contributed by atoms with E-state index in [1.54, 1.807) is 17.4 Å². The maximum Gasteiger partial charge on any atom is 0.224 e. The summed E-state index contributed by atoms with van der Waals surface area (Å²) in [6, 6.07) is 2.13. The van der Waals surface area contributed by atoms with E-state index in [1.165, 1.54) is 10.4 Å². The number of amides is 1. The molecule has 120 valence electrons. The van der Waals surface area contributed by atoms with Crippen LogP contribution < -0.4 is 10.6 Å². The van der Waals surface area contributed by atoms with Crippen LogP contribution in [-0.2, 0) is 17.8 Å². The van der Waals surface area contributed by atoms with Crippen LogP contribution >= 0.6 is 11.3 Å². The summed E-state index contributed by atoms with van der Waals surface area (Å²) in [6.45, 7) is 9.21. The second kappa shape index (κ2) is 8.58. The fraction of sp³-hybridized carbons (Fsp3) is 0.500. The summed E-state index contributed by atoms with van der Waals surface area (Å²) in [4.78, 5) is 20.1. The van der Waals surface area contributed by atoms with Gasteiger partial charge in [0.1, 0.15) is 0 Å². The van der Waals surface area contributed by atoms with Gasteiger partial charge in [0, 0.05) is 37.5 Å². The number of thiophene rings is 1. The minimum Gasteiger partial charge on any atom is -0.357 e. The molecule has 1 aromatic rings. The summed E-state index contributed by atoms with van der Waals surface area (Å²) in [6.07, 6.45) is 3.21. The first kappa shape index (κ1) is 16.5. The van der Waals surface area contributed by atoms with Gasteiger partial charge < -0.3 is 15.5 Å². The summed E-state index contributed by atoms with van der Waals surface area (Å²) >= 11 is 1.79. The van der Waals surface area contributed by atoms with Crippen LogP contribution in [0.4, 0.5) is 0 Å². The average Bonchev–Trinajstić information content (AvgIpc) is 2.99. The van der Waals surface area contributed by atoms with Crippen molar-refractivity contribution < 1.29 is 4.79 Å². The van der Waals surface area contributed by atoms with E-state index in [4.69, 9.17) is 0 Å². The molecule has 1 aliphatic rings. The molecular formula is C16H24N4OS. The lowest BCUT2D eigenvalue weighted by atomic mass is 10.1. The zero-order valence-corrected chi connectivity index (χ0v) is 13.9. The second-order valence-corrected chi connectivity index (χ2v) is 6.12. The van der Waals surface area contributed by atoms with Crippen molar-refractivity contribution >= 4 is 23.2 Å². The molecule has 0 unspecified atom stereocenters. The van der Waals surface area contributed by atoms with Crippen LogP contribution in [-0.4, -0.2) is 42.9 Å². The molecule has 0 saturated carbocycles. The van der Waals surface area contributed by atoms with Crippen LogP contribution in [0.5, 0.6) is 0 Å². The smallest absolute Gasteiger partial charge is 0.224 e. The zero-order chi connectivity index (χ0) is 15.8. The topological polar surface area (TPSA) is 56.7 Å². The molecule has 0 saturated heterocycles. The molecule has 22 heavy (non-hydrogen) atoms. The van der Waals surface area contributed by atoms with Gasteiger partial charge in [-0.1, -0.05) is 6.08 Å². The van der Waals surface area contributed by atoms with Crippen molar-refractivity contribution in [1.29, 1.82) is 0 Å². The van der Waals surface area contributed by atoms with Gasteiger partial charge >= 0.3 is 0 Å². The van der Waals surface area contributed by atoms with Crippen LogP contribution in [0.3, 0.4) is 0 Å². The van der Waals surface area contributed by atoms with Gasteiger partial charge in [-0.2, -0.15) is 0 Å². The number of hydrogen-bond acceptors (Lipinski definition) is 3. The van der Waals surface area contributed by atoms with E-state index in [9.17, 15) is 4.79 Å². The number of hydrogen-bond donors (Lipinski definition) is 2. The molecule has 0 radical (unpaired) electrons. The maximum atomic E-state index is 12.3. The third kappa shape index (κ3) is 4.59. The summed E-state index contributed by atoms with van der Waals surface area (Å²) in [5.74, 6) is 0.911. The number of fused-ring (bicyclic) bond motifs is 1. The van der Waals surface area contributed by atoms with Crippen molar-refractivity contribution in [2.75, 3.05) is 26.2 Å². The van der Waals surface area contributed by atoms with Gasteiger partial charge in [0.2, 0.25) is 5.91 Å².